The fraction of sp³-hybridized carbons (Fsp3) is 0.364. The van der Waals surface area contributed by atoms with E-state index in [4.69, 9.17) is 26.3 Å². The van der Waals surface area contributed by atoms with Gasteiger partial charge in [0.15, 0.2) is 6.29 Å². The molecular weight excluding hydrogens is 228 g/mol. The average Bonchev–Trinajstić information content (AvgIpc) is 2.32. The van der Waals surface area contributed by atoms with Crippen molar-refractivity contribution >= 4 is 17.3 Å². The summed E-state index contributed by atoms with van der Waals surface area (Å²) in [7, 11) is 3.13. The van der Waals surface area contributed by atoms with Gasteiger partial charge in [0.05, 0.1) is 28.9 Å². The van der Waals surface area contributed by atoms with Crippen molar-refractivity contribution in [2.45, 2.75) is 6.29 Å². The largest absolute Gasteiger partial charge is 0.379 e. The van der Waals surface area contributed by atoms with Gasteiger partial charge in [-0.1, -0.05) is 11.6 Å². The van der Waals surface area contributed by atoms with Crippen LogP contribution in [0.5, 0.6) is 0 Å². The first kappa shape index (κ1) is 12.8. The van der Waals surface area contributed by atoms with Crippen LogP contribution in [-0.2, 0) is 9.47 Å². The molecular formula is C11H13ClN2O2. The fourth-order valence-electron chi connectivity index (χ4n) is 1.18. The monoisotopic (exact) mass is 240 g/mol. The van der Waals surface area contributed by atoms with Gasteiger partial charge < -0.3 is 14.8 Å². The molecule has 4 nitrogen and oxygen atoms in total. The molecule has 0 bridgehead atoms. The molecule has 1 rings (SSSR count). The van der Waals surface area contributed by atoms with Crippen molar-refractivity contribution in [2.24, 2.45) is 0 Å². The van der Waals surface area contributed by atoms with Gasteiger partial charge in [-0.3, -0.25) is 0 Å². The lowest BCUT2D eigenvalue weighted by molar-refractivity contribution is -0.0914. The third kappa shape index (κ3) is 3.38. The Balaban J connectivity index is 2.65. The van der Waals surface area contributed by atoms with Crippen LogP contribution in [0.4, 0.5) is 5.69 Å². The Labute approximate surface area is 99.7 Å². The van der Waals surface area contributed by atoms with Gasteiger partial charge in [-0.2, -0.15) is 5.26 Å². The van der Waals surface area contributed by atoms with Crippen LogP contribution < -0.4 is 5.32 Å². The second-order valence-electron chi connectivity index (χ2n) is 3.09. The highest BCUT2D eigenvalue weighted by atomic mass is 35.5. The van der Waals surface area contributed by atoms with E-state index in [-0.39, 0.29) is 6.29 Å². The van der Waals surface area contributed by atoms with E-state index >= 15 is 0 Å². The minimum Gasteiger partial charge on any atom is -0.379 e. The molecule has 0 saturated heterocycles. The van der Waals surface area contributed by atoms with E-state index in [0.29, 0.717) is 17.1 Å². The Morgan fingerprint density at radius 2 is 2.12 bits per heavy atom. The number of rotatable bonds is 5. The van der Waals surface area contributed by atoms with Crippen LogP contribution in [0.2, 0.25) is 5.02 Å². The molecule has 16 heavy (non-hydrogen) atoms. The standard InChI is InChI=1S/C11H13ClN2O2/c1-15-11(16-2)7-14-10-4-3-8(6-13)5-9(10)12/h3-5,11,14H,7H2,1-2H3. The van der Waals surface area contributed by atoms with Crippen molar-refractivity contribution in [3.8, 4) is 6.07 Å². The molecule has 5 heteroatoms. The summed E-state index contributed by atoms with van der Waals surface area (Å²) in [5.41, 5.74) is 1.28. The molecule has 1 N–H and O–H groups in total. The number of benzene rings is 1. The summed E-state index contributed by atoms with van der Waals surface area (Å²) in [6.07, 6.45) is -0.327. The summed E-state index contributed by atoms with van der Waals surface area (Å²) in [4.78, 5) is 0. The molecule has 1 aromatic rings. The Morgan fingerprint density at radius 1 is 1.44 bits per heavy atom. The van der Waals surface area contributed by atoms with E-state index in [1.807, 2.05) is 6.07 Å². The number of halogens is 1. The minimum atomic E-state index is -0.327. The van der Waals surface area contributed by atoms with Crippen molar-refractivity contribution in [2.75, 3.05) is 26.1 Å². The second-order valence-corrected chi connectivity index (χ2v) is 3.50. The van der Waals surface area contributed by atoms with Gasteiger partial charge in [-0.05, 0) is 18.2 Å². The zero-order valence-corrected chi connectivity index (χ0v) is 9.91. The maximum Gasteiger partial charge on any atom is 0.173 e. The lowest BCUT2D eigenvalue weighted by atomic mass is 10.2. The number of anilines is 1. The van der Waals surface area contributed by atoms with E-state index in [1.54, 1.807) is 32.4 Å². The summed E-state index contributed by atoms with van der Waals surface area (Å²) in [5.74, 6) is 0. The van der Waals surface area contributed by atoms with Crippen molar-refractivity contribution in [1.82, 2.24) is 0 Å². The van der Waals surface area contributed by atoms with Crippen molar-refractivity contribution in [3.63, 3.8) is 0 Å². The Kier molecular flexibility index (Phi) is 5.06. The zero-order valence-electron chi connectivity index (χ0n) is 9.16. The number of nitrogens with one attached hydrogen (secondary N) is 1. The molecule has 0 heterocycles. The normalized spacial score (nSPS) is 10.2. The molecule has 86 valence electrons. The summed E-state index contributed by atoms with van der Waals surface area (Å²) in [6.45, 7) is 0.485. The molecule has 0 fully saturated rings. The molecule has 0 unspecified atom stereocenters. The fourth-order valence-corrected chi connectivity index (χ4v) is 1.43. The Morgan fingerprint density at radius 3 is 2.62 bits per heavy atom. The first-order valence-corrected chi connectivity index (χ1v) is 5.08. The SMILES string of the molecule is COC(CNc1ccc(C#N)cc1Cl)OC. The molecule has 0 aliphatic carbocycles. The first-order chi connectivity index (χ1) is 7.71. The number of nitrogens with zero attached hydrogens (tertiary/aromatic N) is 1. The molecule has 0 aliphatic heterocycles. The van der Waals surface area contributed by atoms with Crippen LogP contribution in [0.3, 0.4) is 0 Å². The van der Waals surface area contributed by atoms with Crippen LogP contribution in [0.15, 0.2) is 18.2 Å². The average molecular weight is 241 g/mol. The van der Waals surface area contributed by atoms with Gasteiger partial charge in [-0.25, -0.2) is 0 Å². The predicted molar refractivity (Wildman–Crippen MR) is 62.5 cm³/mol. The molecule has 0 spiro atoms. The summed E-state index contributed by atoms with van der Waals surface area (Å²) < 4.78 is 10.1. The van der Waals surface area contributed by atoms with E-state index in [1.165, 1.54) is 0 Å². The zero-order chi connectivity index (χ0) is 12.0. The van der Waals surface area contributed by atoms with Crippen molar-refractivity contribution < 1.29 is 9.47 Å². The van der Waals surface area contributed by atoms with Gasteiger partial charge in [0.2, 0.25) is 0 Å². The van der Waals surface area contributed by atoms with E-state index < -0.39 is 0 Å². The van der Waals surface area contributed by atoms with E-state index in [2.05, 4.69) is 5.32 Å². The van der Waals surface area contributed by atoms with Crippen molar-refractivity contribution in [3.05, 3.63) is 28.8 Å². The smallest absolute Gasteiger partial charge is 0.173 e. The van der Waals surface area contributed by atoms with Crippen LogP contribution in [0.25, 0.3) is 0 Å². The highest BCUT2D eigenvalue weighted by Gasteiger charge is 2.06. The van der Waals surface area contributed by atoms with Crippen LogP contribution >= 0.6 is 11.6 Å². The summed E-state index contributed by atoms with van der Waals surface area (Å²) in [5, 5.41) is 12.3. The van der Waals surface area contributed by atoms with Crippen LogP contribution in [0, 0.1) is 11.3 Å². The van der Waals surface area contributed by atoms with Gasteiger partial charge in [0.1, 0.15) is 0 Å². The summed E-state index contributed by atoms with van der Waals surface area (Å²) in [6, 6.07) is 7.08. The molecule has 0 amide bonds. The Bertz CT molecular complexity index is 386. The number of hydrogen-bond donors (Lipinski definition) is 1. The highest BCUT2D eigenvalue weighted by Crippen LogP contribution is 2.22. The van der Waals surface area contributed by atoms with Crippen LogP contribution in [0.1, 0.15) is 5.56 Å². The second kappa shape index (κ2) is 6.33. The molecule has 0 aliphatic rings. The third-order valence-electron chi connectivity index (χ3n) is 2.08. The first-order valence-electron chi connectivity index (χ1n) is 4.70. The van der Waals surface area contributed by atoms with E-state index in [9.17, 15) is 0 Å². The summed E-state index contributed by atoms with van der Waals surface area (Å²) >= 11 is 5.98. The molecule has 0 radical (unpaired) electrons. The molecule has 0 saturated carbocycles. The number of methoxy groups -OCH3 is 2. The quantitative estimate of drug-likeness (QED) is 0.802. The molecule has 0 aromatic heterocycles. The van der Waals surface area contributed by atoms with Gasteiger partial charge in [-0.15, -0.1) is 0 Å². The molecule has 1 aromatic carbocycles. The minimum absolute atomic E-state index is 0.327. The predicted octanol–water partition coefficient (Wildman–Crippen LogP) is 2.24. The lowest BCUT2D eigenvalue weighted by Crippen LogP contribution is -2.23. The van der Waals surface area contributed by atoms with Gasteiger partial charge in [0.25, 0.3) is 0 Å². The maximum atomic E-state index is 8.68. The Hall–Kier alpha value is -1.28. The van der Waals surface area contributed by atoms with E-state index in [0.717, 1.165) is 5.69 Å². The number of ether oxygens (including phenoxy) is 2. The third-order valence-corrected chi connectivity index (χ3v) is 2.40. The van der Waals surface area contributed by atoms with Gasteiger partial charge in [0, 0.05) is 14.2 Å². The van der Waals surface area contributed by atoms with Crippen molar-refractivity contribution in [1.29, 1.82) is 5.26 Å². The lowest BCUT2D eigenvalue weighted by Gasteiger charge is -2.15. The number of nitriles is 1. The number of hydrogen-bond acceptors (Lipinski definition) is 4. The maximum absolute atomic E-state index is 8.68. The van der Waals surface area contributed by atoms with Crippen LogP contribution in [-0.4, -0.2) is 27.1 Å². The highest BCUT2D eigenvalue weighted by molar-refractivity contribution is 6.33. The van der Waals surface area contributed by atoms with Gasteiger partial charge >= 0.3 is 0 Å². The molecule has 0 atom stereocenters. The topological polar surface area (TPSA) is 54.3 Å².